The fourth-order valence-electron chi connectivity index (χ4n) is 4.35. The standard InChI is InChI=1S/C28H27F2N5O5S/c1-16-31-26(34-41(4,39)40)24-7-5-6-23(35(16)24)21-9-8-20(10-11-28(2,3)38)32-25(21)22(33-27(36)37)14-17-12-18(29)15-19(30)13-17/h5-9,12-13,15,22,33-34,38H,14H2,1-4H3,(H,36,37). The first-order valence-electron chi connectivity index (χ1n) is 12.3. The molecule has 4 rings (SSSR count). The summed E-state index contributed by atoms with van der Waals surface area (Å²) in [7, 11) is -3.64. The predicted octanol–water partition coefficient (Wildman–Crippen LogP) is 4.03. The number of anilines is 1. The molecule has 0 bridgehead atoms. The van der Waals surface area contributed by atoms with Crippen LogP contribution in [0.3, 0.4) is 0 Å². The second kappa shape index (κ2) is 11.1. The Balaban J connectivity index is 1.97. The molecule has 0 radical (unpaired) electrons. The van der Waals surface area contributed by atoms with E-state index in [4.69, 9.17) is 0 Å². The largest absolute Gasteiger partial charge is 0.465 e. The second-order valence-corrected chi connectivity index (χ2v) is 11.7. The number of fused-ring (bicyclic) bond motifs is 1. The van der Waals surface area contributed by atoms with Gasteiger partial charge in [-0.1, -0.05) is 12.0 Å². The van der Waals surface area contributed by atoms with Gasteiger partial charge in [0.15, 0.2) is 5.82 Å². The molecule has 0 saturated carbocycles. The van der Waals surface area contributed by atoms with Crippen molar-refractivity contribution < 1.29 is 32.2 Å². The maximum absolute atomic E-state index is 14.0. The van der Waals surface area contributed by atoms with Crippen molar-refractivity contribution in [1.29, 1.82) is 0 Å². The topological polar surface area (TPSA) is 146 Å². The molecule has 10 nitrogen and oxygen atoms in total. The minimum atomic E-state index is -3.64. The zero-order valence-corrected chi connectivity index (χ0v) is 23.3. The minimum absolute atomic E-state index is 0.101. The first-order valence-corrected chi connectivity index (χ1v) is 14.2. The summed E-state index contributed by atoms with van der Waals surface area (Å²) < 4.78 is 55.9. The van der Waals surface area contributed by atoms with E-state index in [1.807, 2.05) is 0 Å². The van der Waals surface area contributed by atoms with Crippen molar-refractivity contribution in [2.45, 2.75) is 38.8 Å². The number of rotatable bonds is 7. The van der Waals surface area contributed by atoms with Gasteiger partial charge in [-0.15, -0.1) is 0 Å². The van der Waals surface area contributed by atoms with Crippen LogP contribution < -0.4 is 10.0 Å². The van der Waals surface area contributed by atoms with Crippen molar-refractivity contribution >= 4 is 27.5 Å². The van der Waals surface area contributed by atoms with Crippen LogP contribution in [0.1, 0.15) is 42.7 Å². The molecule has 4 aromatic rings. The third-order valence-corrected chi connectivity index (χ3v) is 6.36. The van der Waals surface area contributed by atoms with Crippen molar-refractivity contribution in [3.8, 4) is 23.1 Å². The lowest BCUT2D eigenvalue weighted by Gasteiger charge is -2.21. The van der Waals surface area contributed by atoms with Gasteiger partial charge in [-0.3, -0.25) is 9.12 Å². The summed E-state index contributed by atoms with van der Waals surface area (Å²) in [5.74, 6) is 4.31. The van der Waals surface area contributed by atoms with E-state index in [9.17, 15) is 32.2 Å². The van der Waals surface area contributed by atoms with Crippen LogP contribution in [0.2, 0.25) is 0 Å². The van der Waals surface area contributed by atoms with E-state index in [1.54, 1.807) is 41.7 Å². The van der Waals surface area contributed by atoms with Crippen LogP contribution >= 0.6 is 0 Å². The minimum Gasteiger partial charge on any atom is -0.465 e. The first-order chi connectivity index (χ1) is 19.1. The van der Waals surface area contributed by atoms with Crippen molar-refractivity contribution in [2.24, 2.45) is 0 Å². The number of sulfonamides is 1. The summed E-state index contributed by atoms with van der Waals surface area (Å²) in [5.41, 5.74) is 0.574. The van der Waals surface area contributed by atoms with Gasteiger partial charge in [0.25, 0.3) is 0 Å². The number of carboxylic acid groups (broad SMARTS) is 1. The molecular weight excluding hydrogens is 556 g/mol. The highest BCUT2D eigenvalue weighted by atomic mass is 32.2. The maximum atomic E-state index is 14.0. The second-order valence-electron chi connectivity index (χ2n) is 9.94. The smallest absolute Gasteiger partial charge is 0.405 e. The number of halogens is 2. The fraction of sp³-hybridized carbons (Fsp3) is 0.250. The van der Waals surface area contributed by atoms with Crippen molar-refractivity contribution in [3.63, 3.8) is 0 Å². The number of pyridine rings is 2. The van der Waals surface area contributed by atoms with Gasteiger partial charge in [0.1, 0.15) is 28.8 Å². The molecule has 0 fully saturated rings. The van der Waals surface area contributed by atoms with Gasteiger partial charge in [0.2, 0.25) is 10.0 Å². The molecule has 1 amide bonds. The summed E-state index contributed by atoms with van der Waals surface area (Å²) in [5, 5.41) is 22.1. The van der Waals surface area contributed by atoms with Gasteiger partial charge in [-0.25, -0.2) is 32.0 Å². The highest BCUT2D eigenvalue weighted by Crippen LogP contribution is 2.33. The van der Waals surface area contributed by atoms with Gasteiger partial charge >= 0.3 is 6.09 Å². The van der Waals surface area contributed by atoms with E-state index in [-0.39, 0.29) is 29.2 Å². The monoisotopic (exact) mass is 583 g/mol. The Labute approximate surface area is 235 Å². The Bertz CT molecular complexity index is 1800. The number of amides is 1. The maximum Gasteiger partial charge on any atom is 0.405 e. The fourth-order valence-corrected chi connectivity index (χ4v) is 4.85. The molecule has 1 unspecified atom stereocenters. The van der Waals surface area contributed by atoms with Crippen LogP contribution in [0.5, 0.6) is 0 Å². The van der Waals surface area contributed by atoms with E-state index < -0.39 is 39.4 Å². The van der Waals surface area contributed by atoms with Crippen molar-refractivity contribution in [1.82, 2.24) is 19.7 Å². The molecular formula is C28H27F2N5O5S. The predicted molar refractivity (Wildman–Crippen MR) is 149 cm³/mol. The highest BCUT2D eigenvalue weighted by molar-refractivity contribution is 7.92. The van der Waals surface area contributed by atoms with Gasteiger partial charge in [-0.2, -0.15) is 0 Å². The molecule has 13 heteroatoms. The summed E-state index contributed by atoms with van der Waals surface area (Å²) in [6, 6.07) is 10.1. The Kier molecular flexibility index (Phi) is 8.01. The molecule has 214 valence electrons. The third-order valence-electron chi connectivity index (χ3n) is 5.80. The van der Waals surface area contributed by atoms with Crippen LogP contribution in [0.4, 0.5) is 19.4 Å². The Morgan fingerprint density at radius 2 is 1.80 bits per heavy atom. The molecule has 0 aliphatic rings. The molecule has 41 heavy (non-hydrogen) atoms. The van der Waals surface area contributed by atoms with E-state index in [0.29, 0.717) is 28.7 Å². The van der Waals surface area contributed by atoms with Crippen LogP contribution in [0.15, 0.2) is 48.5 Å². The lowest BCUT2D eigenvalue weighted by atomic mass is 9.96. The average molecular weight is 584 g/mol. The summed E-state index contributed by atoms with van der Waals surface area (Å²) in [6.07, 6.45) is -0.558. The molecule has 0 aliphatic carbocycles. The SMILES string of the molecule is Cc1nc(NS(C)(=O)=O)c2cccc(-c3ccc(C#CC(C)(C)O)nc3C(Cc3cc(F)cc(F)c3)NC(=O)O)n12. The van der Waals surface area contributed by atoms with Gasteiger partial charge in [0.05, 0.1) is 29.2 Å². The lowest BCUT2D eigenvalue weighted by Crippen LogP contribution is -2.30. The summed E-state index contributed by atoms with van der Waals surface area (Å²) in [6.45, 7) is 4.66. The van der Waals surface area contributed by atoms with Crippen LogP contribution in [-0.4, -0.2) is 50.9 Å². The molecule has 3 heterocycles. The molecule has 0 saturated heterocycles. The molecule has 1 aromatic carbocycles. The van der Waals surface area contributed by atoms with Gasteiger partial charge in [-0.05, 0) is 75.1 Å². The highest BCUT2D eigenvalue weighted by Gasteiger charge is 2.24. The zero-order valence-electron chi connectivity index (χ0n) is 22.5. The molecule has 4 N–H and O–H groups in total. The number of nitrogens with one attached hydrogen (secondary N) is 2. The first kappa shape index (κ1) is 29.4. The van der Waals surface area contributed by atoms with E-state index in [1.165, 1.54) is 13.8 Å². The van der Waals surface area contributed by atoms with E-state index >= 15 is 0 Å². The number of nitrogens with zero attached hydrogens (tertiary/aromatic N) is 3. The average Bonchev–Trinajstić information content (AvgIpc) is 3.14. The molecule has 1 atom stereocenters. The number of aliphatic hydroxyl groups is 1. The van der Waals surface area contributed by atoms with Crippen molar-refractivity contribution in [3.05, 3.63) is 82.9 Å². The Morgan fingerprint density at radius 1 is 1.12 bits per heavy atom. The lowest BCUT2D eigenvalue weighted by molar-refractivity contribution is 0.143. The van der Waals surface area contributed by atoms with Crippen LogP contribution in [0, 0.1) is 30.4 Å². The quantitative estimate of drug-likeness (QED) is 0.240. The van der Waals surface area contributed by atoms with Gasteiger partial charge in [0, 0.05) is 11.6 Å². The number of hydrogen-bond acceptors (Lipinski definition) is 6. The Morgan fingerprint density at radius 3 is 2.41 bits per heavy atom. The number of carbonyl (C=O) groups is 1. The number of aryl methyl sites for hydroxylation is 1. The number of hydrogen-bond donors (Lipinski definition) is 4. The number of aromatic nitrogens is 3. The van der Waals surface area contributed by atoms with Gasteiger partial charge < -0.3 is 15.5 Å². The summed E-state index contributed by atoms with van der Waals surface area (Å²) >= 11 is 0. The van der Waals surface area contributed by atoms with Crippen LogP contribution in [0.25, 0.3) is 16.8 Å². The zero-order chi connectivity index (χ0) is 30.1. The van der Waals surface area contributed by atoms with E-state index in [0.717, 1.165) is 18.4 Å². The van der Waals surface area contributed by atoms with E-state index in [2.05, 4.69) is 31.8 Å². The molecule has 0 aliphatic heterocycles. The normalized spacial score (nSPS) is 12.5. The third kappa shape index (κ3) is 7.36. The molecule has 0 spiro atoms. The van der Waals surface area contributed by atoms with Crippen LogP contribution in [-0.2, 0) is 16.4 Å². The molecule has 3 aromatic heterocycles. The Hall–Kier alpha value is -4.54. The number of benzene rings is 1. The summed E-state index contributed by atoms with van der Waals surface area (Å²) in [4.78, 5) is 20.8. The van der Waals surface area contributed by atoms with Crippen molar-refractivity contribution in [2.75, 3.05) is 11.0 Å². The number of imidazole rings is 1.